The van der Waals surface area contributed by atoms with Crippen LogP contribution in [0.3, 0.4) is 0 Å². The standard InChI is InChI=1S/C21H30N2O6/c1-5-22-8-6-7-16(13-22)29-21(25)14-9-19(24)23(12-14)15-10-17(26-2)20(28-4)18(11-15)27-3/h10-11,14,16H,5-9,12-13H2,1-4H3. The zero-order valence-electron chi connectivity index (χ0n) is 17.6. The van der Waals surface area contributed by atoms with Gasteiger partial charge in [-0.25, -0.2) is 0 Å². The highest BCUT2D eigenvalue weighted by Crippen LogP contribution is 2.42. The van der Waals surface area contributed by atoms with Crippen molar-refractivity contribution in [2.45, 2.75) is 32.3 Å². The molecule has 0 bridgehead atoms. The minimum absolute atomic E-state index is 0.0958. The number of benzene rings is 1. The van der Waals surface area contributed by atoms with E-state index in [0.29, 0.717) is 22.9 Å². The fourth-order valence-corrected chi connectivity index (χ4v) is 4.00. The molecule has 29 heavy (non-hydrogen) atoms. The summed E-state index contributed by atoms with van der Waals surface area (Å²) in [4.78, 5) is 29.2. The van der Waals surface area contributed by atoms with Gasteiger partial charge in [0.05, 0.1) is 32.9 Å². The molecule has 8 nitrogen and oxygen atoms in total. The number of amides is 1. The molecule has 0 aliphatic carbocycles. The van der Waals surface area contributed by atoms with E-state index < -0.39 is 5.92 Å². The van der Waals surface area contributed by atoms with Crippen molar-refractivity contribution >= 4 is 17.6 Å². The van der Waals surface area contributed by atoms with Gasteiger partial charge in [0, 0.05) is 31.6 Å². The second-order valence-corrected chi connectivity index (χ2v) is 7.38. The zero-order valence-corrected chi connectivity index (χ0v) is 17.6. The molecule has 2 aliphatic heterocycles. The molecule has 0 N–H and O–H groups in total. The number of carbonyl (C=O) groups excluding carboxylic acids is 2. The van der Waals surface area contributed by atoms with E-state index in [0.717, 1.165) is 32.5 Å². The van der Waals surface area contributed by atoms with Crippen molar-refractivity contribution in [1.82, 2.24) is 4.90 Å². The van der Waals surface area contributed by atoms with Gasteiger partial charge in [0.15, 0.2) is 11.5 Å². The molecule has 2 atom stereocenters. The van der Waals surface area contributed by atoms with Gasteiger partial charge in [0.25, 0.3) is 0 Å². The number of anilines is 1. The third-order valence-electron chi connectivity index (χ3n) is 5.61. The van der Waals surface area contributed by atoms with Crippen LogP contribution >= 0.6 is 0 Å². The van der Waals surface area contributed by atoms with E-state index in [4.69, 9.17) is 18.9 Å². The lowest BCUT2D eigenvalue weighted by Crippen LogP contribution is -2.41. The second-order valence-electron chi connectivity index (χ2n) is 7.38. The largest absolute Gasteiger partial charge is 0.493 e. The molecule has 8 heteroatoms. The second kappa shape index (κ2) is 9.35. The Morgan fingerprint density at radius 3 is 2.38 bits per heavy atom. The Bertz CT molecular complexity index is 728. The number of nitrogens with zero attached hydrogens (tertiary/aromatic N) is 2. The Kier molecular flexibility index (Phi) is 6.84. The highest BCUT2D eigenvalue weighted by Gasteiger charge is 2.38. The van der Waals surface area contributed by atoms with Gasteiger partial charge in [-0.15, -0.1) is 0 Å². The maximum absolute atomic E-state index is 12.7. The summed E-state index contributed by atoms with van der Waals surface area (Å²) < 4.78 is 21.8. The Morgan fingerprint density at radius 1 is 1.10 bits per heavy atom. The average Bonchev–Trinajstić information content (AvgIpc) is 3.14. The van der Waals surface area contributed by atoms with Gasteiger partial charge in [0.2, 0.25) is 11.7 Å². The first-order valence-electron chi connectivity index (χ1n) is 10.0. The summed E-state index contributed by atoms with van der Waals surface area (Å²) in [5.74, 6) is 0.485. The first kappa shape index (κ1) is 21.2. The Morgan fingerprint density at radius 2 is 1.79 bits per heavy atom. The number of likely N-dealkylation sites (tertiary alicyclic amines) is 1. The van der Waals surface area contributed by atoms with Crippen LogP contribution < -0.4 is 19.1 Å². The molecule has 0 aromatic heterocycles. The summed E-state index contributed by atoms with van der Waals surface area (Å²) in [7, 11) is 4.58. The number of carbonyl (C=O) groups is 2. The number of piperidine rings is 1. The lowest BCUT2D eigenvalue weighted by Gasteiger charge is -2.31. The fourth-order valence-electron chi connectivity index (χ4n) is 4.00. The lowest BCUT2D eigenvalue weighted by atomic mass is 10.1. The van der Waals surface area contributed by atoms with Crippen molar-refractivity contribution in [1.29, 1.82) is 0 Å². The van der Waals surface area contributed by atoms with Crippen LogP contribution in [-0.2, 0) is 14.3 Å². The van der Waals surface area contributed by atoms with E-state index >= 15 is 0 Å². The lowest BCUT2D eigenvalue weighted by molar-refractivity contribution is -0.156. The van der Waals surface area contributed by atoms with Crippen molar-refractivity contribution in [3.8, 4) is 17.2 Å². The molecule has 2 heterocycles. The van der Waals surface area contributed by atoms with Gasteiger partial charge in [-0.1, -0.05) is 6.92 Å². The van der Waals surface area contributed by atoms with E-state index in [2.05, 4.69) is 11.8 Å². The maximum Gasteiger partial charge on any atom is 0.311 e. The zero-order chi connectivity index (χ0) is 21.0. The maximum atomic E-state index is 12.7. The van der Waals surface area contributed by atoms with Gasteiger partial charge in [-0.3, -0.25) is 14.5 Å². The van der Waals surface area contributed by atoms with Crippen LogP contribution in [0.25, 0.3) is 0 Å². The molecule has 1 aromatic rings. The molecule has 2 aliphatic rings. The van der Waals surface area contributed by atoms with Crippen LogP contribution in [0.2, 0.25) is 0 Å². The molecule has 0 radical (unpaired) electrons. The topological polar surface area (TPSA) is 77.5 Å². The van der Waals surface area contributed by atoms with Crippen molar-refractivity contribution in [2.75, 3.05) is 52.4 Å². The summed E-state index contributed by atoms with van der Waals surface area (Å²) in [6, 6.07) is 3.43. The van der Waals surface area contributed by atoms with E-state index in [1.54, 1.807) is 17.0 Å². The first-order valence-corrected chi connectivity index (χ1v) is 10.0. The molecule has 2 fully saturated rings. The predicted molar refractivity (Wildman–Crippen MR) is 108 cm³/mol. The molecule has 1 aromatic carbocycles. The molecule has 2 saturated heterocycles. The molecule has 0 saturated carbocycles. The summed E-state index contributed by atoms with van der Waals surface area (Å²) in [6.45, 7) is 5.14. The Hall–Kier alpha value is -2.48. The van der Waals surface area contributed by atoms with Gasteiger partial charge >= 0.3 is 5.97 Å². The highest BCUT2D eigenvalue weighted by molar-refractivity contribution is 6.00. The van der Waals surface area contributed by atoms with Crippen LogP contribution in [0.1, 0.15) is 26.2 Å². The minimum Gasteiger partial charge on any atom is -0.493 e. The summed E-state index contributed by atoms with van der Waals surface area (Å²) >= 11 is 0. The Labute approximate surface area is 171 Å². The van der Waals surface area contributed by atoms with Crippen LogP contribution in [0.4, 0.5) is 5.69 Å². The number of ether oxygens (including phenoxy) is 4. The van der Waals surface area contributed by atoms with E-state index in [1.165, 1.54) is 21.3 Å². The minimum atomic E-state index is -0.474. The molecular formula is C21H30N2O6. The molecular weight excluding hydrogens is 376 g/mol. The van der Waals surface area contributed by atoms with Crippen LogP contribution in [0, 0.1) is 5.92 Å². The number of hydrogen-bond acceptors (Lipinski definition) is 7. The molecule has 3 rings (SSSR count). The van der Waals surface area contributed by atoms with Gasteiger partial charge in [0.1, 0.15) is 6.10 Å². The quantitative estimate of drug-likeness (QED) is 0.642. The fraction of sp³-hybridized carbons (Fsp3) is 0.619. The van der Waals surface area contributed by atoms with Crippen molar-refractivity contribution < 1.29 is 28.5 Å². The van der Waals surface area contributed by atoms with Gasteiger partial charge in [-0.05, 0) is 25.9 Å². The summed E-state index contributed by atoms with van der Waals surface area (Å²) in [5.41, 5.74) is 0.606. The first-order chi connectivity index (χ1) is 14.0. The molecule has 160 valence electrons. The summed E-state index contributed by atoms with van der Waals surface area (Å²) in [6.07, 6.45) is 1.94. The normalized spacial score (nSPS) is 22.5. The van der Waals surface area contributed by atoms with Crippen molar-refractivity contribution in [3.05, 3.63) is 12.1 Å². The number of methoxy groups -OCH3 is 3. The molecule has 0 spiro atoms. The van der Waals surface area contributed by atoms with Crippen molar-refractivity contribution in [2.24, 2.45) is 5.92 Å². The number of esters is 1. The van der Waals surface area contributed by atoms with E-state index in [1.807, 2.05) is 0 Å². The monoisotopic (exact) mass is 406 g/mol. The highest BCUT2D eigenvalue weighted by atomic mass is 16.5. The summed E-state index contributed by atoms with van der Waals surface area (Å²) in [5, 5.41) is 0. The smallest absolute Gasteiger partial charge is 0.311 e. The predicted octanol–water partition coefficient (Wildman–Crippen LogP) is 2.09. The van der Waals surface area contributed by atoms with E-state index in [-0.39, 0.29) is 30.9 Å². The molecule has 2 unspecified atom stereocenters. The van der Waals surface area contributed by atoms with E-state index in [9.17, 15) is 9.59 Å². The van der Waals surface area contributed by atoms with Crippen LogP contribution in [0.15, 0.2) is 12.1 Å². The number of hydrogen-bond donors (Lipinski definition) is 0. The van der Waals surface area contributed by atoms with Crippen molar-refractivity contribution in [3.63, 3.8) is 0 Å². The van der Waals surface area contributed by atoms with Gasteiger partial charge in [-0.2, -0.15) is 0 Å². The SMILES string of the molecule is CCN1CCCC(OC(=O)C2CC(=O)N(c3cc(OC)c(OC)c(OC)c3)C2)C1. The third-order valence-corrected chi connectivity index (χ3v) is 5.61. The number of likely N-dealkylation sites (N-methyl/N-ethyl adjacent to an activating group) is 1. The molecule has 1 amide bonds. The van der Waals surface area contributed by atoms with Crippen LogP contribution in [-0.4, -0.2) is 70.4 Å². The third kappa shape index (κ3) is 4.58. The average molecular weight is 406 g/mol. The number of rotatable bonds is 7. The Balaban J connectivity index is 1.71. The van der Waals surface area contributed by atoms with Gasteiger partial charge < -0.3 is 23.8 Å². The van der Waals surface area contributed by atoms with Crippen LogP contribution in [0.5, 0.6) is 17.2 Å².